The van der Waals surface area contributed by atoms with Crippen LogP contribution in [0.3, 0.4) is 0 Å². The molecule has 5 heteroatoms. The van der Waals surface area contributed by atoms with Gasteiger partial charge in [0.25, 0.3) is 5.91 Å². The molecule has 148 valence electrons. The molecule has 0 spiro atoms. The molecule has 1 amide bonds. The number of para-hydroxylation sites is 1. The Kier molecular flexibility index (Phi) is 4.17. The Morgan fingerprint density at radius 1 is 0.900 bits per heavy atom. The summed E-state index contributed by atoms with van der Waals surface area (Å²) in [7, 11) is 0. The number of hydrogen-bond donors (Lipinski definition) is 1. The van der Waals surface area contributed by atoms with Gasteiger partial charge in [-0.05, 0) is 60.9 Å². The summed E-state index contributed by atoms with van der Waals surface area (Å²) in [5.74, 6) is 1.03. The first kappa shape index (κ1) is 18.2. The Bertz CT molecular complexity index is 1360. The minimum atomic E-state index is -0.589. The van der Waals surface area contributed by atoms with E-state index in [4.69, 9.17) is 9.15 Å². The summed E-state index contributed by atoms with van der Waals surface area (Å²) >= 11 is 0. The second-order valence-corrected chi connectivity index (χ2v) is 7.45. The van der Waals surface area contributed by atoms with Crippen molar-refractivity contribution < 1.29 is 13.9 Å². The van der Waals surface area contributed by atoms with E-state index in [-0.39, 0.29) is 17.1 Å². The van der Waals surface area contributed by atoms with Gasteiger partial charge >= 0.3 is 0 Å². The molecule has 2 heterocycles. The summed E-state index contributed by atoms with van der Waals surface area (Å²) < 4.78 is 11.9. The van der Waals surface area contributed by atoms with E-state index in [2.05, 4.69) is 5.32 Å². The first-order valence-electron chi connectivity index (χ1n) is 9.73. The van der Waals surface area contributed by atoms with Crippen molar-refractivity contribution in [3.05, 3.63) is 105 Å². The molecule has 3 aromatic carbocycles. The molecule has 0 fully saturated rings. The summed E-state index contributed by atoms with van der Waals surface area (Å²) in [4.78, 5) is 25.9. The molecule has 1 aliphatic rings. The molecule has 30 heavy (non-hydrogen) atoms. The van der Waals surface area contributed by atoms with Crippen molar-refractivity contribution in [2.24, 2.45) is 0 Å². The van der Waals surface area contributed by atoms with E-state index in [0.29, 0.717) is 28.0 Å². The minimum Gasteiger partial charge on any atom is -0.457 e. The van der Waals surface area contributed by atoms with E-state index in [9.17, 15) is 9.59 Å². The Morgan fingerprint density at radius 2 is 1.67 bits per heavy atom. The fourth-order valence-electron chi connectivity index (χ4n) is 3.84. The minimum absolute atomic E-state index is 0.0839. The van der Waals surface area contributed by atoms with E-state index in [1.54, 1.807) is 6.07 Å². The number of ether oxygens (including phenoxy) is 1. The van der Waals surface area contributed by atoms with Crippen molar-refractivity contribution in [3.8, 4) is 11.5 Å². The lowest BCUT2D eigenvalue weighted by Gasteiger charge is -2.14. The zero-order valence-corrected chi connectivity index (χ0v) is 16.6. The Balaban J connectivity index is 1.61. The van der Waals surface area contributed by atoms with Crippen LogP contribution < -0.4 is 15.5 Å². The van der Waals surface area contributed by atoms with Gasteiger partial charge in [0.05, 0.1) is 17.0 Å². The predicted octanol–water partition coefficient (Wildman–Crippen LogP) is 5.03. The van der Waals surface area contributed by atoms with Gasteiger partial charge in [-0.25, -0.2) is 0 Å². The number of carbonyl (C=O) groups excluding carboxylic acids is 1. The maximum Gasteiger partial charge on any atom is 0.288 e. The van der Waals surface area contributed by atoms with Crippen LogP contribution >= 0.6 is 0 Å². The Labute approximate surface area is 172 Å². The number of carbonyl (C=O) groups is 1. The van der Waals surface area contributed by atoms with Crippen LogP contribution in [0.5, 0.6) is 11.5 Å². The van der Waals surface area contributed by atoms with Crippen LogP contribution in [0, 0.1) is 13.8 Å². The van der Waals surface area contributed by atoms with Gasteiger partial charge in [0.15, 0.2) is 5.43 Å². The number of fused-ring (bicyclic) bond motifs is 2. The zero-order valence-electron chi connectivity index (χ0n) is 16.6. The highest BCUT2D eigenvalue weighted by molar-refractivity contribution is 5.99. The van der Waals surface area contributed by atoms with E-state index < -0.39 is 6.04 Å². The standard InChI is InChI=1S/C25H19NO4/c1-14-11-12-19-22(27)20-21(26-25(28)24(20)30-23(19)15(14)2)16-7-6-10-18(13-16)29-17-8-4-3-5-9-17/h3-13,21H,1-2H3,(H,26,28). The third-order valence-corrected chi connectivity index (χ3v) is 5.56. The lowest BCUT2D eigenvalue weighted by atomic mass is 9.98. The van der Waals surface area contributed by atoms with Gasteiger partial charge in [-0.2, -0.15) is 0 Å². The molecule has 0 aliphatic carbocycles. The van der Waals surface area contributed by atoms with Gasteiger partial charge < -0.3 is 14.5 Å². The van der Waals surface area contributed by atoms with E-state index in [0.717, 1.165) is 16.7 Å². The fourth-order valence-corrected chi connectivity index (χ4v) is 3.84. The molecule has 0 radical (unpaired) electrons. The molecule has 1 unspecified atom stereocenters. The van der Waals surface area contributed by atoms with Gasteiger partial charge in [-0.1, -0.05) is 36.4 Å². The van der Waals surface area contributed by atoms with Gasteiger partial charge in [-0.15, -0.1) is 0 Å². The van der Waals surface area contributed by atoms with Crippen LogP contribution in [0.4, 0.5) is 0 Å². The molecule has 4 aromatic rings. The first-order chi connectivity index (χ1) is 14.5. The zero-order chi connectivity index (χ0) is 20.8. The van der Waals surface area contributed by atoms with Crippen LogP contribution in [0.1, 0.15) is 38.9 Å². The van der Waals surface area contributed by atoms with Crippen LogP contribution in [0.15, 0.2) is 75.9 Å². The highest BCUT2D eigenvalue weighted by Gasteiger charge is 2.36. The molecule has 0 saturated heterocycles. The van der Waals surface area contributed by atoms with Crippen LogP contribution in [0.2, 0.25) is 0 Å². The van der Waals surface area contributed by atoms with Gasteiger partial charge in [0, 0.05) is 0 Å². The number of rotatable bonds is 3. The molecule has 1 atom stereocenters. The number of amides is 1. The highest BCUT2D eigenvalue weighted by atomic mass is 16.5. The van der Waals surface area contributed by atoms with Crippen molar-refractivity contribution in [1.29, 1.82) is 0 Å². The van der Waals surface area contributed by atoms with E-state index >= 15 is 0 Å². The van der Waals surface area contributed by atoms with Crippen molar-refractivity contribution in [1.82, 2.24) is 5.32 Å². The van der Waals surface area contributed by atoms with E-state index in [1.807, 2.05) is 74.5 Å². The molecule has 0 saturated carbocycles. The SMILES string of the molecule is Cc1ccc2c(=O)c3c(oc2c1C)C(=O)NC3c1cccc(Oc2ccccc2)c1. The summed E-state index contributed by atoms with van der Waals surface area (Å²) in [6.45, 7) is 3.84. The third kappa shape index (κ3) is 2.87. The lowest BCUT2D eigenvalue weighted by Crippen LogP contribution is -2.21. The Hall–Kier alpha value is -3.86. The van der Waals surface area contributed by atoms with Crippen molar-refractivity contribution >= 4 is 16.9 Å². The van der Waals surface area contributed by atoms with Crippen molar-refractivity contribution in [2.75, 3.05) is 0 Å². The summed E-state index contributed by atoms with van der Waals surface area (Å²) in [5.41, 5.74) is 3.25. The monoisotopic (exact) mass is 397 g/mol. The molecule has 5 nitrogen and oxygen atoms in total. The molecule has 0 bridgehead atoms. The van der Waals surface area contributed by atoms with Crippen LogP contribution in [-0.2, 0) is 0 Å². The predicted molar refractivity (Wildman–Crippen MR) is 114 cm³/mol. The maximum absolute atomic E-state index is 13.3. The van der Waals surface area contributed by atoms with Gasteiger partial charge in [-0.3, -0.25) is 9.59 Å². The molecule has 1 N–H and O–H groups in total. The second kappa shape index (κ2) is 6.88. The number of aryl methyl sites for hydroxylation is 2. The normalized spacial score (nSPS) is 15.1. The van der Waals surface area contributed by atoms with Crippen molar-refractivity contribution in [3.63, 3.8) is 0 Å². The van der Waals surface area contributed by atoms with Crippen LogP contribution in [0.25, 0.3) is 11.0 Å². The first-order valence-corrected chi connectivity index (χ1v) is 9.73. The molecule has 1 aromatic heterocycles. The molecule has 1 aliphatic heterocycles. The average molecular weight is 397 g/mol. The molecule has 5 rings (SSSR count). The topological polar surface area (TPSA) is 68.5 Å². The molecular weight excluding hydrogens is 378 g/mol. The number of hydrogen-bond acceptors (Lipinski definition) is 4. The van der Waals surface area contributed by atoms with Crippen molar-refractivity contribution in [2.45, 2.75) is 19.9 Å². The quantitative estimate of drug-likeness (QED) is 0.526. The van der Waals surface area contributed by atoms with Crippen LogP contribution in [-0.4, -0.2) is 5.91 Å². The van der Waals surface area contributed by atoms with Gasteiger partial charge in [0.2, 0.25) is 5.76 Å². The lowest BCUT2D eigenvalue weighted by molar-refractivity contribution is 0.0938. The Morgan fingerprint density at radius 3 is 2.47 bits per heavy atom. The smallest absolute Gasteiger partial charge is 0.288 e. The van der Waals surface area contributed by atoms with E-state index in [1.165, 1.54) is 0 Å². The second-order valence-electron chi connectivity index (χ2n) is 7.45. The number of nitrogens with one attached hydrogen (secondary N) is 1. The largest absolute Gasteiger partial charge is 0.457 e. The summed E-state index contributed by atoms with van der Waals surface area (Å²) in [5, 5.41) is 3.37. The fraction of sp³-hybridized carbons (Fsp3) is 0.120. The highest BCUT2D eigenvalue weighted by Crippen LogP contribution is 2.34. The number of benzene rings is 3. The average Bonchev–Trinajstić information content (AvgIpc) is 3.09. The summed E-state index contributed by atoms with van der Waals surface area (Å²) in [6, 6.07) is 19.9. The molecular formula is C25H19NO4. The summed E-state index contributed by atoms with van der Waals surface area (Å²) in [6.07, 6.45) is 0. The third-order valence-electron chi connectivity index (χ3n) is 5.56. The maximum atomic E-state index is 13.3. The van der Waals surface area contributed by atoms with Gasteiger partial charge in [0.1, 0.15) is 17.1 Å².